The highest BCUT2D eigenvalue weighted by Gasteiger charge is 2.37. The molecule has 0 saturated carbocycles. The zero-order valence-electron chi connectivity index (χ0n) is 12.2. The number of rotatable bonds is 0. The van der Waals surface area contributed by atoms with Gasteiger partial charge in [-0.2, -0.15) is 0 Å². The number of ether oxygens (including phenoxy) is 1. The number of carbonyl (C=O) groups is 2. The largest absolute Gasteiger partial charge is 0.497 e. The second-order valence-electron chi connectivity index (χ2n) is 5.97. The molecule has 1 aromatic heterocycles. The number of allylic oxidation sites excluding steroid dienone is 3. The fourth-order valence-corrected chi connectivity index (χ4v) is 3.39. The topological polar surface area (TPSA) is 59.5 Å². The van der Waals surface area contributed by atoms with Crippen LogP contribution in [0.2, 0.25) is 0 Å². The molecule has 4 heterocycles. The van der Waals surface area contributed by atoms with Crippen LogP contribution in [0.15, 0.2) is 35.6 Å². The molecule has 1 amide bonds. The van der Waals surface area contributed by atoms with Gasteiger partial charge < -0.3 is 9.64 Å². The van der Waals surface area contributed by atoms with Gasteiger partial charge in [-0.25, -0.2) is 4.98 Å². The Bertz CT molecular complexity index is 1010. The number of carbonyl (C=O) groups excluding carboxylic acids is 2. The van der Waals surface area contributed by atoms with Gasteiger partial charge in [0, 0.05) is 11.6 Å². The minimum Gasteiger partial charge on any atom is -0.497 e. The van der Waals surface area contributed by atoms with E-state index in [-0.39, 0.29) is 11.7 Å². The molecule has 0 fully saturated rings. The first kappa shape index (κ1) is 12.6. The van der Waals surface area contributed by atoms with Crippen LogP contribution in [0, 0.1) is 0 Å². The molecule has 5 rings (SSSR count). The van der Waals surface area contributed by atoms with Crippen LogP contribution in [0.25, 0.3) is 17.8 Å². The van der Waals surface area contributed by atoms with Crippen molar-refractivity contribution in [2.24, 2.45) is 0 Å². The summed E-state index contributed by atoms with van der Waals surface area (Å²) in [4.78, 5) is 30.7. The van der Waals surface area contributed by atoms with Crippen molar-refractivity contribution in [2.45, 2.75) is 6.42 Å². The summed E-state index contributed by atoms with van der Waals surface area (Å²) in [5, 5.41) is 1.51. The van der Waals surface area contributed by atoms with Gasteiger partial charge in [0.15, 0.2) is 5.78 Å². The summed E-state index contributed by atoms with van der Waals surface area (Å²) in [5.74, 6) is -0.0184. The summed E-state index contributed by atoms with van der Waals surface area (Å²) in [6.45, 7) is 1.04. The smallest absolute Gasteiger partial charge is 0.260 e. The number of amides is 1. The third kappa shape index (κ3) is 1.70. The molecule has 0 radical (unpaired) electrons. The molecule has 1 aliphatic carbocycles. The summed E-state index contributed by atoms with van der Waals surface area (Å²) in [6.07, 6.45) is 9.36. The molecular weight excluding hydrogens is 292 g/mol. The summed E-state index contributed by atoms with van der Waals surface area (Å²) >= 11 is 0. The van der Waals surface area contributed by atoms with E-state index in [0.717, 1.165) is 27.4 Å². The van der Waals surface area contributed by atoms with Crippen molar-refractivity contribution in [3.63, 3.8) is 0 Å². The number of ketones is 1. The first-order valence-electron chi connectivity index (χ1n) is 7.50. The van der Waals surface area contributed by atoms with Crippen LogP contribution in [-0.2, 0) is 9.53 Å². The van der Waals surface area contributed by atoms with Crippen molar-refractivity contribution in [1.29, 1.82) is 0 Å². The summed E-state index contributed by atoms with van der Waals surface area (Å²) < 4.78 is 5.32. The minimum absolute atomic E-state index is 0.0426. The molecule has 3 aliphatic heterocycles. The van der Waals surface area contributed by atoms with Crippen LogP contribution in [0.4, 0.5) is 0 Å². The molecule has 23 heavy (non-hydrogen) atoms. The maximum atomic E-state index is 12.7. The molecule has 0 aromatic carbocycles. The third-order valence-electron chi connectivity index (χ3n) is 4.56. The molecule has 0 unspecified atom stereocenters. The van der Waals surface area contributed by atoms with Gasteiger partial charge in [-0.15, -0.1) is 0 Å². The Morgan fingerprint density at radius 2 is 2.13 bits per heavy atom. The number of pyridine rings is 1. The van der Waals surface area contributed by atoms with E-state index in [4.69, 9.17) is 4.74 Å². The Kier molecular flexibility index (Phi) is 2.34. The van der Waals surface area contributed by atoms with Crippen molar-refractivity contribution in [3.05, 3.63) is 57.5 Å². The number of hydrogen-bond donors (Lipinski definition) is 0. The molecule has 0 spiro atoms. The molecule has 112 valence electrons. The zero-order chi connectivity index (χ0) is 15.6. The fourth-order valence-electron chi connectivity index (χ4n) is 3.39. The number of aromatic nitrogens is 1. The van der Waals surface area contributed by atoms with E-state index in [1.54, 1.807) is 23.3 Å². The van der Waals surface area contributed by atoms with Gasteiger partial charge in [-0.05, 0) is 35.4 Å². The highest BCUT2D eigenvalue weighted by Crippen LogP contribution is 2.36. The van der Waals surface area contributed by atoms with E-state index < -0.39 is 0 Å². The Hall–Kier alpha value is -2.95. The highest BCUT2D eigenvalue weighted by atomic mass is 16.5. The van der Waals surface area contributed by atoms with Crippen molar-refractivity contribution >= 4 is 29.5 Å². The minimum atomic E-state index is -0.0610. The summed E-state index contributed by atoms with van der Waals surface area (Å²) in [5.41, 5.74) is 4.30. The highest BCUT2D eigenvalue weighted by molar-refractivity contribution is 6.11. The van der Waals surface area contributed by atoms with Crippen LogP contribution in [0.5, 0.6) is 0 Å². The molecule has 0 bridgehead atoms. The van der Waals surface area contributed by atoms with Gasteiger partial charge >= 0.3 is 0 Å². The Morgan fingerprint density at radius 1 is 1.22 bits per heavy atom. The standard InChI is InChI=1S/C18H12N2O3/c21-13-1-2-15-11(5-13)6-14-17(19-15)16-7-10-3-4-23-9-12(10)8-20(16)18(14)22/h2-7H,1,8-9H2. The second-order valence-corrected chi connectivity index (χ2v) is 5.97. The lowest BCUT2D eigenvalue weighted by atomic mass is 10.0. The number of fused-ring (bicyclic) bond motifs is 4. The number of hydrogen-bond acceptors (Lipinski definition) is 4. The molecular formula is C18H12N2O3. The maximum absolute atomic E-state index is 12.7. The summed E-state index contributed by atoms with van der Waals surface area (Å²) in [6, 6.07) is 1.79. The number of nitrogens with zero attached hydrogens (tertiary/aromatic N) is 2. The predicted octanol–water partition coefficient (Wildman–Crippen LogP) is 0.266. The molecule has 5 nitrogen and oxygen atoms in total. The molecule has 1 aromatic rings. The molecule has 0 atom stereocenters. The summed E-state index contributed by atoms with van der Waals surface area (Å²) in [7, 11) is 0. The van der Waals surface area contributed by atoms with E-state index in [1.807, 2.05) is 18.2 Å². The molecule has 0 N–H and O–H groups in total. The fraction of sp³-hybridized carbons (Fsp3) is 0.167. The first-order chi connectivity index (χ1) is 11.2. The molecule has 5 heteroatoms. The average Bonchev–Trinajstić information content (AvgIpc) is 2.83. The lowest BCUT2D eigenvalue weighted by Gasteiger charge is -2.27. The van der Waals surface area contributed by atoms with Crippen LogP contribution in [0.3, 0.4) is 0 Å². The van der Waals surface area contributed by atoms with Gasteiger partial charge in [0.1, 0.15) is 12.3 Å². The van der Waals surface area contributed by atoms with Gasteiger partial charge in [0.05, 0.1) is 29.4 Å². The van der Waals surface area contributed by atoms with Crippen LogP contribution < -0.4 is 10.6 Å². The molecule has 0 saturated heterocycles. The van der Waals surface area contributed by atoms with Crippen molar-refractivity contribution in [1.82, 2.24) is 9.88 Å². The van der Waals surface area contributed by atoms with Gasteiger partial charge in [0.2, 0.25) is 0 Å². The second kappa shape index (κ2) is 4.29. The van der Waals surface area contributed by atoms with E-state index in [0.29, 0.717) is 30.8 Å². The van der Waals surface area contributed by atoms with Crippen LogP contribution in [-0.4, -0.2) is 34.7 Å². The zero-order valence-corrected chi connectivity index (χ0v) is 12.2. The lowest BCUT2D eigenvalue weighted by Crippen LogP contribution is -2.33. The van der Waals surface area contributed by atoms with Gasteiger partial charge in [-0.3, -0.25) is 9.59 Å². The van der Waals surface area contributed by atoms with Crippen molar-refractivity contribution < 1.29 is 14.3 Å². The van der Waals surface area contributed by atoms with Crippen molar-refractivity contribution in [2.75, 3.05) is 13.2 Å². The third-order valence-corrected chi connectivity index (χ3v) is 4.56. The molecule has 4 aliphatic rings. The van der Waals surface area contributed by atoms with E-state index in [2.05, 4.69) is 4.98 Å². The van der Waals surface area contributed by atoms with Crippen LogP contribution in [0.1, 0.15) is 22.5 Å². The van der Waals surface area contributed by atoms with Crippen molar-refractivity contribution in [3.8, 4) is 0 Å². The monoisotopic (exact) mass is 304 g/mol. The Balaban J connectivity index is 1.75. The average molecular weight is 304 g/mol. The quantitative estimate of drug-likeness (QED) is 0.690. The van der Waals surface area contributed by atoms with Gasteiger partial charge in [0.25, 0.3) is 5.91 Å². The predicted molar refractivity (Wildman–Crippen MR) is 83.2 cm³/mol. The first-order valence-corrected chi connectivity index (χ1v) is 7.50. The normalized spacial score (nSPS) is 20.7. The Labute approximate surface area is 131 Å². The van der Waals surface area contributed by atoms with Gasteiger partial charge in [-0.1, -0.05) is 6.08 Å². The maximum Gasteiger partial charge on any atom is 0.260 e. The lowest BCUT2D eigenvalue weighted by molar-refractivity contribution is -0.112. The van der Waals surface area contributed by atoms with E-state index in [1.165, 1.54) is 0 Å². The van der Waals surface area contributed by atoms with E-state index >= 15 is 0 Å². The SMILES string of the molecule is O=C1C=c2cc3c(nc2=CC1)C1=CC2=C(COC=C2)CN1C3=O. The Morgan fingerprint density at radius 3 is 3.04 bits per heavy atom. The number of Topliss-reactive ketones (excluding diaryl/α,β-unsaturated/α-hetero) is 1. The van der Waals surface area contributed by atoms with Crippen LogP contribution >= 0.6 is 0 Å². The van der Waals surface area contributed by atoms with E-state index in [9.17, 15) is 9.59 Å².